The van der Waals surface area contributed by atoms with Gasteiger partial charge in [-0.2, -0.15) is 0 Å². The molecule has 1 aliphatic rings. The Bertz CT molecular complexity index is 149. The molecule has 0 nitrogen and oxygen atoms in total. The summed E-state index contributed by atoms with van der Waals surface area (Å²) in [5.74, 6) is 0. The Balaban J connectivity index is 2.56. The van der Waals surface area contributed by atoms with Gasteiger partial charge in [-0.1, -0.05) is 34.5 Å². The van der Waals surface area contributed by atoms with Crippen LogP contribution >= 0.6 is 15.9 Å². The number of rotatable bonds is 1. The number of hydrogen-bond acceptors (Lipinski definition) is 0. The summed E-state index contributed by atoms with van der Waals surface area (Å²) in [5.41, 5.74) is 2.11. The van der Waals surface area contributed by atoms with E-state index in [4.69, 9.17) is 0 Å². The van der Waals surface area contributed by atoms with Crippen LogP contribution in [0.2, 0.25) is 0 Å². The van der Waals surface area contributed by atoms with Crippen LogP contribution in [0.3, 0.4) is 0 Å². The first-order valence-corrected chi connectivity index (χ1v) is 5.00. The SMILES string of the molecule is CC1=CCC(C)(CBr)CC1. The van der Waals surface area contributed by atoms with Gasteiger partial charge in [0, 0.05) is 5.33 Å². The molecular formula is C9H15Br. The molecule has 0 heterocycles. The third-order valence-electron chi connectivity index (χ3n) is 2.39. The second-order valence-corrected chi connectivity index (χ2v) is 4.26. The average molecular weight is 203 g/mol. The van der Waals surface area contributed by atoms with Gasteiger partial charge in [-0.15, -0.1) is 0 Å². The van der Waals surface area contributed by atoms with Crippen molar-refractivity contribution in [3.05, 3.63) is 11.6 Å². The topological polar surface area (TPSA) is 0 Å². The summed E-state index contributed by atoms with van der Waals surface area (Å²) in [4.78, 5) is 0. The minimum absolute atomic E-state index is 0.541. The lowest BCUT2D eigenvalue weighted by Crippen LogP contribution is -2.20. The van der Waals surface area contributed by atoms with Crippen LogP contribution in [-0.2, 0) is 0 Å². The summed E-state index contributed by atoms with van der Waals surface area (Å²) in [6.07, 6.45) is 6.28. The maximum atomic E-state index is 3.56. The molecule has 0 saturated heterocycles. The van der Waals surface area contributed by atoms with Gasteiger partial charge in [0.05, 0.1) is 0 Å². The van der Waals surface area contributed by atoms with Gasteiger partial charge in [0.2, 0.25) is 0 Å². The van der Waals surface area contributed by atoms with Crippen LogP contribution in [0.5, 0.6) is 0 Å². The Morgan fingerprint density at radius 3 is 2.80 bits per heavy atom. The molecular weight excluding hydrogens is 188 g/mol. The maximum Gasteiger partial charge on any atom is 0.00884 e. The lowest BCUT2D eigenvalue weighted by atomic mass is 9.79. The zero-order chi connectivity index (χ0) is 7.61. The van der Waals surface area contributed by atoms with Crippen LogP contribution in [0.1, 0.15) is 33.1 Å². The second kappa shape index (κ2) is 3.08. The summed E-state index contributed by atoms with van der Waals surface area (Å²) in [5, 5.41) is 1.14. The minimum atomic E-state index is 0.541. The van der Waals surface area contributed by atoms with E-state index in [1.807, 2.05) is 0 Å². The van der Waals surface area contributed by atoms with E-state index in [1.165, 1.54) is 19.3 Å². The molecule has 0 aromatic carbocycles. The highest BCUT2D eigenvalue weighted by atomic mass is 79.9. The van der Waals surface area contributed by atoms with Crippen molar-refractivity contribution >= 4 is 15.9 Å². The molecule has 0 fully saturated rings. The summed E-state index contributed by atoms with van der Waals surface area (Å²) < 4.78 is 0. The van der Waals surface area contributed by atoms with Crippen molar-refractivity contribution in [2.45, 2.75) is 33.1 Å². The van der Waals surface area contributed by atoms with Crippen LogP contribution < -0.4 is 0 Å². The van der Waals surface area contributed by atoms with Crippen LogP contribution in [-0.4, -0.2) is 5.33 Å². The fourth-order valence-corrected chi connectivity index (χ4v) is 1.75. The van der Waals surface area contributed by atoms with Crippen molar-refractivity contribution in [1.82, 2.24) is 0 Å². The third kappa shape index (κ3) is 1.85. The molecule has 1 atom stereocenters. The van der Waals surface area contributed by atoms with Crippen molar-refractivity contribution in [3.63, 3.8) is 0 Å². The third-order valence-corrected chi connectivity index (χ3v) is 3.74. The number of allylic oxidation sites excluding steroid dienone is 2. The van der Waals surface area contributed by atoms with Gasteiger partial charge in [-0.3, -0.25) is 0 Å². The normalized spacial score (nSPS) is 33.7. The first-order chi connectivity index (χ1) is 4.66. The average Bonchev–Trinajstić information content (AvgIpc) is 1.96. The molecule has 1 heteroatoms. The Kier molecular flexibility index (Phi) is 2.56. The Morgan fingerprint density at radius 1 is 1.70 bits per heavy atom. The molecule has 10 heavy (non-hydrogen) atoms. The molecule has 0 amide bonds. The summed E-state index contributed by atoms with van der Waals surface area (Å²) in [6, 6.07) is 0. The van der Waals surface area contributed by atoms with E-state index in [-0.39, 0.29) is 0 Å². The van der Waals surface area contributed by atoms with Gasteiger partial charge in [0.25, 0.3) is 0 Å². The van der Waals surface area contributed by atoms with Crippen LogP contribution in [0.4, 0.5) is 0 Å². The number of halogens is 1. The van der Waals surface area contributed by atoms with Gasteiger partial charge in [0.1, 0.15) is 0 Å². The quantitative estimate of drug-likeness (QED) is 0.451. The van der Waals surface area contributed by atoms with Crippen molar-refractivity contribution in [3.8, 4) is 0 Å². The lowest BCUT2D eigenvalue weighted by Gasteiger charge is -2.29. The van der Waals surface area contributed by atoms with Crippen LogP contribution in [0.25, 0.3) is 0 Å². The Hall–Kier alpha value is 0.220. The lowest BCUT2D eigenvalue weighted by molar-refractivity contribution is 0.336. The van der Waals surface area contributed by atoms with Gasteiger partial charge in [0.15, 0.2) is 0 Å². The van der Waals surface area contributed by atoms with Crippen LogP contribution in [0.15, 0.2) is 11.6 Å². The van der Waals surface area contributed by atoms with Crippen molar-refractivity contribution in [1.29, 1.82) is 0 Å². The molecule has 0 aromatic heterocycles. The van der Waals surface area contributed by atoms with E-state index in [9.17, 15) is 0 Å². The Morgan fingerprint density at radius 2 is 2.40 bits per heavy atom. The van der Waals surface area contributed by atoms with Crippen molar-refractivity contribution in [2.75, 3.05) is 5.33 Å². The van der Waals surface area contributed by atoms with Gasteiger partial charge in [-0.25, -0.2) is 0 Å². The van der Waals surface area contributed by atoms with E-state index < -0.39 is 0 Å². The first kappa shape index (κ1) is 8.32. The van der Waals surface area contributed by atoms with Crippen molar-refractivity contribution < 1.29 is 0 Å². The molecule has 0 saturated carbocycles. The maximum absolute atomic E-state index is 3.56. The molecule has 0 bridgehead atoms. The summed E-state index contributed by atoms with van der Waals surface area (Å²) >= 11 is 3.56. The molecule has 0 radical (unpaired) electrons. The van der Waals surface area contributed by atoms with Crippen LogP contribution in [0, 0.1) is 5.41 Å². The van der Waals surface area contributed by atoms with Gasteiger partial charge < -0.3 is 0 Å². The zero-order valence-corrected chi connectivity index (χ0v) is 8.37. The standard InChI is InChI=1S/C9H15Br/c1-8-3-5-9(2,7-10)6-4-8/h3H,4-7H2,1-2H3. The number of hydrogen-bond donors (Lipinski definition) is 0. The highest BCUT2D eigenvalue weighted by Crippen LogP contribution is 2.35. The van der Waals surface area contributed by atoms with Gasteiger partial charge >= 0.3 is 0 Å². The fraction of sp³-hybridized carbons (Fsp3) is 0.778. The largest absolute Gasteiger partial charge is 0.0922 e. The highest BCUT2D eigenvalue weighted by Gasteiger charge is 2.23. The molecule has 1 rings (SSSR count). The highest BCUT2D eigenvalue weighted by molar-refractivity contribution is 9.09. The smallest absolute Gasteiger partial charge is 0.00884 e. The van der Waals surface area contributed by atoms with E-state index in [1.54, 1.807) is 5.57 Å². The summed E-state index contributed by atoms with van der Waals surface area (Å²) in [7, 11) is 0. The van der Waals surface area contributed by atoms with E-state index in [2.05, 4.69) is 35.9 Å². The minimum Gasteiger partial charge on any atom is -0.0922 e. The van der Waals surface area contributed by atoms with E-state index in [0.29, 0.717) is 5.41 Å². The van der Waals surface area contributed by atoms with Gasteiger partial charge in [-0.05, 0) is 31.6 Å². The van der Waals surface area contributed by atoms with E-state index >= 15 is 0 Å². The second-order valence-electron chi connectivity index (χ2n) is 3.70. The predicted octanol–water partition coefficient (Wildman–Crippen LogP) is 3.52. The molecule has 1 unspecified atom stereocenters. The van der Waals surface area contributed by atoms with E-state index in [0.717, 1.165) is 5.33 Å². The number of alkyl halides is 1. The molecule has 58 valence electrons. The molecule has 0 aromatic rings. The predicted molar refractivity (Wildman–Crippen MR) is 49.5 cm³/mol. The van der Waals surface area contributed by atoms with Crippen molar-refractivity contribution in [2.24, 2.45) is 5.41 Å². The zero-order valence-electron chi connectivity index (χ0n) is 6.78. The molecule has 0 aliphatic heterocycles. The fourth-order valence-electron chi connectivity index (χ4n) is 1.25. The summed E-state index contributed by atoms with van der Waals surface area (Å²) in [6.45, 7) is 4.58. The molecule has 0 N–H and O–H groups in total. The first-order valence-electron chi connectivity index (χ1n) is 3.88. The Labute approximate surface area is 71.8 Å². The molecule has 1 aliphatic carbocycles. The molecule has 0 spiro atoms. The monoisotopic (exact) mass is 202 g/mol.